The summed E-state index contributed by atoms with van der Waals surface area (Å²) < 4.78 is 33.1. The Kier molecular flexibility index (Phi) is 64.8. The monoisotopic (exact) mass is 1200 g/mol. The number of hydrogen-bond donors (Lipinski definition) is 2. The number of hydrogen-bond acceptors (Lipinski definition) is 8. The molecule has 10 heteroatoms. The molecule has 0 aromatic carbocycles. The van der Waals surface area contributed by atoms with E-state index < -0.39 is 32.5 Å². The Labute approximate surface area is 521 Å². The van der Waals surface area contributed by atoms with Crippen LogP contribution in [0, 0.1) is 0 Å². The summed E-state index contributed by atoms with van der Waals surface area (Å²) in [5.74, 6) is -0.863. The predicted molar refractivity (Wildman–Crippen MR) is 366 cm³/mol. The van der Waals surface area contributed by atoms with Crippen molar-refractivity contribution in [2.24, 2.45) is 5.73 Å². The molecule has 2 unspecified atom stereocenters. The lowest BCUT2D eigenvalue weighted by Crippen LogP contribution is -2.29. The average molecular weight is 1200 g/mol. The van der Waals surface area contributed by atoms with Crippen LogP contribution in [0.4, 0.5) is 0 Å². The number of carbonyl (C=O) groups is 2. The van der Waals surface area contributed by atoms with Crippen LogP contribution in [0.25, 0.3) is 0 Å². The van der Waals surface area contributed by atoms with Crippen molar-refractivity contribution in [3.8, 4) is 0 Å². The summed E-state index contributed by atoms with van der Waals surface area (Å²) in [6.45, 7) is 3.48. The standard InChI is InChI=1S/C75H122NO8P/c1-3-5-7-9-11-13-15-17-19-21-23-25-27-28-29-30-31-32-33-34-35-36-37-38-39-40-41-42-43-44-46-48-50-52-54-56-58-60-62-64-66-68-75(78)84-73(72-83-85(79,80)82-70-69-76)71-81-74(77)67-65-63-61-59-57-55-53-51-49-47-45-26-24-22-20-18-16-14-12-10-8-6-4-2/h5-8,11-14,17-20,23-26,28-29,31-32,34-35,37-38,47,49,53,55,73H,3-4,9-10,15-16,21-22,27,30,33,36,39-46,48,50-52,54,56-72,76H2,1-2H3,(H,79,80)/b7-5-,8-6-,13-11-,14-12-,19-17-,20-18-,25-23-,26-24-,29-28-,32-31-,35-34-,38-37-,49-47-,55-53-. The molecule has 0 aliphatic carbocycles. The molecular formula is C75H122NO8P. The van der Waals surface area contributed by atoms with Gasteiger partial charge in [-0.3, -0.25) is 18.6 Å². The Balaban J connectivity index is 3.94. The lowest BCUT2D eigenvalue weighted by molar-refractivity contribution is -0.161. The summed E-state index contributed by atoms with van der Waals surface area (Å²) in [7, 11) is -4.41. The van der Waals surface area contributed by atoms with Crippen molar-refractivity contribution in [1.29, 1.82) is 0 Å². The lowest BCUT2D eigenvalue weighted by Gasteiger charge is -2.19. The molecule has 0 fully saturated rings. The minimum atomic E-state index is -4.41. The van der Waals surface area contributed by atoms with Crippen molar-refractivity contribution in [2.45, 2.75) is 264 Å². The fraction of sp³-hybridized carbons (Fsp3) is 0.600. The minimum Gasteiger partial charge on any atom is -0.462 e. The third-order valence-corrected chi connectivity index (χ3v) is 14.6. The molecule has 0 amide bonds. The largest absolute Gasteiger partial charge is 0.472 e. The van der Waals surface area contributed by atoms with Crippen LogP contribution in [-0.4, -0.2) is 49.3 Å². The highest BCUT2D eigenvalue weighted by Crippen LogP contribution is 2.43. The van der Waals surface area contributed by atoms with Crippen LogP contribution in [0.5, 0.6) is 0 Å². The summed E-state index contributed by atoms with van der Waals surface area (Å²) in [6.07, 6.45) is 101. The van der Waals surface area contributed by atoms with Crippen LogP contribution in [0.15, 0.2) is 170 Å². The van der Waals surface area contributed by atoms with Crippen LogP contribution in [0.2, 0.25) is 0 Å². The molecule has 0 saturated carbocycles. The third kappa shape index (κ3) is 68.4. The van der Waals surface area contributed by atoms with E-state index in [1.807, 2.05) is 0 Å². The van der Waals surface area contributed by atoms with E-state index in [0.29, 0.717) is 12.8 Å². The number of ether oxygens (including phenoxy) is 2. The molecule has 0 aromatic rings. The van der Waals surface area contributed by atoms with Gasteiger partial charge in [0.15, 0.2) is 6.10 Å². The van der Waals surface area contributed by atoms with Gasteiger partial charge in [-0.15, -0.1) is 0 Å². The van der Waals surface area contributed by atoms with E-state index >= 15 is 0 Å². The van der Waals surface area contributed by atoms with Crippen LogP contribution >= 0.6 is 7.82 Å². The molecule has 85 heavy (non-hydrogen) atoms. The highest BCUT2D eigenvalue weighted by Gasteiger charge is 2.26. The molecule has 0 heterocycles. The Bertz CT molecular complexity index is 2000. The number of rotatable bonds is 61. The first kappa shape index (κ1) is 80.4. The van der Waals surface area contributed by atoms with E-state index in [4.69, 9.17) is 24.3 Å². The van der Waals surface area contributed by atoms with Gasteiger partial charge in [-0.25, -0.2) is 4.57 Å². The zero-order valence-electron chi connectivity index (χ0n) is 53.8. The van der Waals surface area contributed by atoms with Crippen molar-refractivity contribution in [2.75, 3.05) is 26.4 Å². The van der Waals surface area contributed by atoms with Gasteiger partial charge in [-0.2, -0.15) is 0 Å². The molecule has 0 aromatic heterocycles. The third-order valence-electron chi connectivity index (χ3n) is 13.6. The van der Waals surface area contributed by atoms with Gasteiger partial charge in [0.1, 0.15) is 6.61 Å². The maximum atomic E-state index is 12.8. The molecule has 9 nitrogen and oxygen atoms in total. The molecule has 3 N–H and O–H groups in total. The molecule has 0 saturated heterocycles. The Hall–Kier alpha value is -4.63. The molecule has 0 bridgehead atoms. The number of phosphoric acid groups is 1. The second kappa shape index (κ2) is 68.5. The Morgan fingerprint density at radius 1 is 0.353 bits per heavy atom. The van der Waals surface area contributed by atoms with Gasteiger partial charge in [0.05, 0.1) is 13.2 Å². The summed E-state index contributed by atoms with van der Waals surface area (Å²) in [5.41, 5.74) is 5.39. The van der Waals surface area contributed by atoms with Crippen molar-refractivity contribution in [1.82, 2.24) is 0 Å². The van der Waals surface area contributed by atoms with Gasteiger partial charge in [0.25, 0.3) is 0 Å². The van der Waals surface area contributed by atoms with E-state index in [-0.39, 0.29) is 32.6 Å². The van der Waals surface area contributed by atoms with Gasteiger partial charge in [0, 0.05) is 19.4 Å². The Morgan fingerprint density at radius 2 is 0.612 bits per heavy atom. The van der Waals surface area contributed by atoms with E-state index in [1.165, 1.54) is 83.5 Å². The minimum absolute atomic E-state index is 0.0421. The normalized spacial score (nSPS) is 14.1. The number of unbranched alkanes of at least 4 members (excludes halogenated alkanes) is 20. The van der Waals surface area contributed by atoms with Crippen molar-refractivity contribution in [3.63, 3.8) is 0 Å². The van der Waals surface area contributed by atoms with Crippen molar-refractivity contribution < 1.29 is 37.6 Å². The number of nitrogens with two attached hydrogens (primary N) is 1. The van der Waals surface area contributed by atoms with Gasteiger partial charge >= 0.3 is 19.8 Å². The van der Waals surface area contributed by atoms with Gasteiger partial charge < -0.3 is 20.1 Å². The Morgan fingerprint density at radius 3 is 0.906 bits per heavy atom. The molecule has 0 radical (unpaired) electrons. The average Bonchev–Trinajstić information content (AvgIpc) is 3.52. The predicted octanol–water partition coefficient (Wildman–Crippen LogP) is 22.2. The van der Waals surface area contributed by atoms with Gasteiger partial charge in [0.2, 0.25) is 0 Å². The fourth-order valence-electron chi connectivity index (χ4n) is 8.71. The molecule has 2 atom stereocenters. The summed E-state index contributed by atoms with van der Waals surface area (Å²) in [6, 6.07) is 0. The first-order valence-electron chi connectivity index (χ1n) is 33.6. The highest BCUT2D eigenvalue weighted by molar-refractivity contribution is 7.47. The van der Waals surface area contributed by atoms with Crippen LogP contribution in [0.1, 0.15) is 258 Å². The topological polar surface area (TPSA) is 134 Å². The fourth-order valence-corrected chi connectivity index (χ4v) is 9.48. The number of phosphoric ester groups is 1. The molecule has 0 spiro atoms. The van der Waals surface area contributed by atoms with E-state index in [0.717, 1.165) is 135 Å². The summed E-state index contributed by atoms with van der Waals surface area (Å²) in [4.78, 5) is 35.3. The first-order chi connectivity index (χ1) is 41.8. The second-order valence-electron chi connectivity index (χ2n) is 21.6. The molecular weight excluding hydrogens is 1070 g/mol. The van der Waals surface area contributed by atoms with Crippen LogP contribution in [0.3, 0.4) is 0 Å². The zero-order valence-corrected chi connectivity index (χ0v) is 54.7. The summed E-state index contributed by atoms with van der Waals surface area (Å²) >= 11 is 0. The maximum Gasteiger partial charge on any atom is 0.472 e. The first-order valence-corrected chi connectivity index (χ1v) is 35.1. The summed E-state index contributed by atoms with van der Waals surface area (Å²) in [5, 5.41) is 0. The zero-order chi connectivity index (χ0) is 61.6. The molecule has 0 rings (SSSR count). The highest BCUT2D eigenvalue weighted by atomic mass is 31.2. The quantitative estimate of drug-likeness (QED) is 0.0264. The van der Waals surface area contributed by atoms with Crippen molar-refractivity contribution in [3.05, 3.63) is 170 Å². The van der Waals surface area contributed by atoms with Crippen molar-refractivity contribution >= 4 is 19.8 Å². The SMILES string of the molecule is CC/C=C\C/C=C\C/C=C\C/C=C\C/C=C\C/C=C\C/C=C\C/C=C\CCCCCCCCCCCCCCCCCCC(=O)OC(COC(=O)CCCCCC/C=C\C/C=C\C/C=C\C/C=C\C/C=C\C/C=C\CC)COP(=O)(O)OCCN. The van der Waals surface area contributed by atoms with E-state index in [2.05, 4.69) is 184 Å². The van der Waals surface area contributed by atoms with Gasteiger partial charge in [-0.1, -0.05) is 287 Å². The molecule has 0 aliphatic heterocycles. The number of allylic oxidation sites excluding steroid dienone is 28. The molecule has 0 aliphatic rings. The van der Waals surface area contributed by atoms with E-state index in [1.54, 1.807) is 0 Å². The van der Waals surface area contributed by atoms with Gasteiger partial charge in [-0.05, 0) is 128 Å². The lowest BCUT2D eigenvalue weighted by atomic mass is 10.0. The smallest absolute Gasteiger partial charge is 0.462 e. The second-order valence-corrected chi connectivity index (χ2v) is 23.0. The number of carbonyl (C=O) groups excluding carboxylic acids is 2. The van der Waals surface area contributed by atoms with Crippen LogP contribution in [-0.2, 0) is 32.7 Å². The molecule has 480 valence electrons. The number of esters is 2. The van der Waals surface area contributed by atoms with E-state index in [9.17, 15) is 19.0 Å². The maximum absolute atomic E-state index is 12.8. The van der Waals surface area contributed by atoms with Crippen LogP contribution < -0.4 is 5.73 Å².